The third-order valence-electron chi connectivity index (χ3n) is 3.80. The summed E-state index contributed by atoms with van der Waals surface area (Å²) in [5.74, 6) is -0.827. The predicted octanol–water partition coefficient (Wildman–Crippen LogP) is 2.10. The maximum absolute atomic E-state index is 12.8. The van der Waals surface area contributed by atoms with Gasteiger partial charge in [0.2, 0.25) is 0 Å². The summed E-state index contributed by atoms with van der Waals surface area (Å²) in [5.41, 5.74) is 0.827. The van der Waals surface area contributed by atoms with E-state index in [9.17, 15) is 14.7 Å². The fourth-order valence-electron chi connectivity index (χ4n) is 2.72. The van der Waals surface area contributed by atoms with E-state index >= 15 is 0 Å². The Morgan fingerprint density at radius 2 is 2.04 bits per heavy atom. The molecule has 0 aliphatic heterocycles. The van der Waals surface area contributed by atoms with Crippen LogP contribution in [0.3, 0.4) is 0 Å². The second-order valence-electron chi connectivity index (χ2n) is 6.23. The van der Waals surface area contributed by atoms with E-state index < -0.39 is 5.97 Å². The molecule has 3 aromatic heterocycles. The number of carboxylic acids is 1. The van der Waals surface area contributed by atoms with Crippen molar-refractivity contribution in [2.45, 2.75) is 33.5 Å². The third-order valence-corrected chi connectivity index (χ3v) is 4.00. The van der Waals surface area contributed by atoms with Crippen molar-refractivity contribution in [1.82, 2.24) is 23.9 Å². The van der Waals surface area contributed by atoms with Crippen LogP contribution < -0.4 is 5.69 Å². The van der Waals surface area contributed by atoms with Crippen LogP contribution in [0.5, 0.6) is 0 Å². The van der Waals surface area contributed by atoms with Crippen molar-refractivity contribution in [3.63, 3.8) is 0 Å². The molecule has 0 atom stereocenters. The molecule has 0 saturated carbocycles. The van der Waals surface area contributed by atoms with Crippen LogP contribution in [0, 0.1) is 5.92 Å². The van der Waals surface area contributed by atoms with Crippen molar-refractivity contribution < 1.29 is 9.90 Å². The van der Waals surface area contributed by atoms with E-state index in [1.54, 1.807) is 15.4 Å². The van der Waals surface area contributed by atoms with Gasteiger partial charge in [-0.2, -0.15) is 5.10 Å². The van der Waals surface area contributed by atoms with Crippen LogP contribution in [0.4, 0.5) is 0 Å². The summed E-state index contributed by atoms with van der Waals surface area (Å²) in [6.45, 7) is 5.29. The van der Waals surface area contributed by atoms with Crippen LogP contribution in [0.2, 0.25) is 5.02 Å². The van der Waals surface area contributed by atoms with Gasteiger partial charge in [-0.1, -0.05) is 25.4 Å². The molecule has 0 saturated heterocycles. The summed E-state index contributed by atoms with van der Waals surface area (Å²) in [4.78, 5) is 28.3. The number of rotatable bonds is 6. The first kappa shape index (κ1) is 17.2. The van der Waals surface area contributed by atoms with E-state index in [4.69, 9.17) is 11.6 Å². The number of carbonyl (C=O) groups is 1. The Hall–Kier alpha value is -2.61. The lowest BCUT2D eigenvalue weighted by Gasteiger charge is -2.05. The molecule has 1 N–H and O–H groups in total. The zero-order valence-electron chi connectivity index (χ0n) is 13.9. The minimum Gasteiger partial charge on any atom is -0.478 e. The molecule has 132 valence electrons. The van der Waals surface area contributed by atoms with Crippen LogP contribution in [-0.4, -0.2) is 35.0 Å². The molecular formula is C16H18ClN5O3. The lowest BCUT2D eigenvalue weighted by Crippen LogP contribution is -2.27. The largest absolute Gasteiger partial charge is 0.478 e. The SMILES string of the molecule is CC(C)Cn1c(=O)n(CCn2cc(Cl)cn2)c2cc(C(=O)O)cnc21. The Morgan fingerprint density at radius 1 is 1.28 bits per heavy atom. The minimum atomic E-state index is -1.08. The standard InChI is InChI=1S/C16H18ClN5O3/c1-10(2)8-22-14-13(5-11(6-18-14)15(23)24)21(16(22)25)4-3-20-9-12(17)7-19-20/h5-7,9-10H,3-4,8H2,1-2H3,(H,23,24). The van der Waals surface area contributed by atoms with E-state index in [1.807, 2.05) is 13.8 Å². The first-order chi connectivity index (χ1) is 11.9. The predicted molar refractivity (Wildman–Crippen MR) is 93.0 cm³/mol. The van der Waals surface area contributed by atoms with Crippen LogP contribution in [0.15, 0.2) is 29.5 Å². The van der Waals surface area contributed by atoms with E-state index in [1.165, 1.54) is 23.0 Å². The first-order valence-electron chi connectivity index (χ1n) is 7.87. The quantitative estimate of drug-likeness (QED) is 0.723. The van der Waals surface area contributed by atoms with Crippen molar-refractivity contribution in [1.29, 1.82) is 0 Å². The molecule has 0 radical (unpaired) electrons. The van der Waals surface area contributed by atoms with E-state index in [-0.39, 0.29) is 17.2 Å². The number of aromatic nitrogens is 5. The highest BCUT2D eigenvalue weighted by Crippen LogP contribution is 2.15. The molecule has 0 amide bonds. The van der Waals surface area contributed by atoms with Crippen molar-refractivity contribution in [2.75, 3.05) is 0 Å². The molecule has 0 bridgehead atoms. The average Bonchev–Trinajstić information content (AvgIpc) is 3.07. The van der Waals surface area contributed by atoms with Gasteiger partial charge in [-0.15, -0.1) is 0 Å². The number of hydrogen-bond acceptors (Lipinski definition) is 4. The van der Waals surface area contributed by atoms with Gasteiger partial charge in [0, 0.05) is 25.5 Å². The summed E-state index contributed by atoms with van der Waals surface area (Å²) >= 11 is 5.85. The Kier molecular flexibility index (Phi) is 4.63. The summed E-state index contributed by atoms with van der Waals surface area (Å²) < 4.78 is 4.75. The number of carboxylic acid groups (broad SMARTS) is 1. The van der Waals surface area contributed by atoms with Crippen LogP contribution >= 0.6 is 11.6 Å². The lowest BCUT2D eigenvalue weighted by molar-refractivity contribution is 0.0696. The summed E-state index contributed by atoms with van der Waals surface area (Å²) in [7, 11) is 0. The molecule has 0 unspecified atom stereocenters. The molecule has 9 heteroatoms. The van der Waals surface area contributed by atoms with Gasteiger partial charge in [-0.05, 0) is 12.0 Å². The Balaban J connectivity index is 2.07. The Labute approximate surface area is 148 Å². The maximum atomic E-state index is 12.8. The van der Waals surface area contributed by atoms with Gasteiger partial charge in [0.1, 0.15) is 0 Å². The number of imidazole rings is 1. The third kappa shape index (κ3) is 3.43. The van der Waals surface area contributed by atoms with Crippen LogP contribution in [0.1, 0.15) is 24.2 Å². The first-order valence-corrected chi connectivity index (χ1v) is 8.25. The minimum absolute atomic E-state index is 0.0464. The summed E-state index contributed by atoms with van der Waals surface area (Å²) in [5, 5.41) is 13.8. The Morgan fingerprint density at radius 3 is 2.64 bits per heavy atom. The van der Waals surface area contributed by atoms with Crippen molar-refractivity contribution in [3.05, 3.63) is 45.7 Å². The number of fused-ring (bicyclic) bond motifs is 1. The molecule has 25 heavy (non-hydrogen) atoms. The number of aromatic carboxylic acids is 1. The van der Waals surface area contributed by atoms with Gasteiger partial charge in [0.15, 0.2) is 5.65 Å². The van der Waals surface area contributed by atoms with Crippen molar-refractivity contribution in [3.8, 4) is 0 Å². The highest BCUT2D eigenvalue weighted by molar-refractivity contribution is 6.30. The van der Waals surface area contributed by atoms with Gasteiger partial charge < -0.3 is 5.11 Å². The second-order valence-corrected chi connectivity index (χ2v) is 6.67. The zero-order chi connectivity index (χ0) is 18.1. The van der Waals surface area contributed by atoms with Gasteiger partial charge in [-0.25, -0.2) is 14.6 Å². The van der Waals surface area contributed by atoms with Gasteiger partial charge >= 0.3 is 11.7 Å². The smallest absolute Gasteiger partial charge is 0.337 e. The molecule has 0 aliphatic rings. The van der Waals surface area contributed by atoms with Gasteiger partial charge in [-0.3, -0.25) is 13.8 Å². The number of hydrogen-bond donors (Lipinski definition) is 1. The molecule has 8 nitrogen and oxygen atoms in total. The number of aryl methyl sites for hydroxylation is 2. The Bertz CT molecular complexity index is 985. The van der Waals surface area contributed by atoms with E-state index in [2.05, 4.69) is 10.1 Å². The van der Waals surface area contributed by atoms with Gasteiger partial charge in [0.25, 0.3) is 0 Å². The molecule has 3 heterocycles. The van der Waals surface area contributed by atoms with E-state index in [0.29, 0.717) is 35.8 Å². The number of nitrogens with zero attached hydrogens (tertiary/aromatic N) is 5. The van der Waals surface area contributed by atoms with E-state index in [0.717, 1.165) is 0 Å². The lowest BCUT2D eigenvalue weighted by atomic mass is 10.2. The maximum Gasteiger partial charge on any atom is 0.337 e. The average molecular weight is 364 g/mol. The number of pyridine rings is 1. The summed E-state index contributed by atoms with van der Waals surface area (Å²) in [6.07, 6.45) is 4.47. The van der Waals surface area contributed by atoms with Crippen LogP contribution in [0.25, 0.3) is 11.2 Å². The monoisotopic (exact) mass is 363 g/mol. The van der Waals surface area contributed by atoms with Gasteiger partial charge in [0.05, 0.1) is 28.8 Å². The molecule has 3 rings (SSSR count). The molecule has 0 spiro atoms. The fraction of sp³-hybridized carbons (Fsp3) is 0.375. The molecular weight excluding hydrogens is 346 g/mol. The highest BCUT2D eigenvalue weighted by Gasteiger charge is 2.17. The number of halogens is 1. The molecule has 0 aliphatic carbocycles. The van der Waals surface area contributed by atoms with Crippen molar-refractivity contribution >= 4 is 28.7 Å². The second kappa shape index (κ2) is 6.72. The molecule has 0 fully saturated rings. The topological polar surface area (TPSA) is 94.9 Å². The summed E-state index contributed by atoms with van der Waals surface area (Å²) in [6, 6.07) is 1.49. The highest BCUT2D eigenvalue weighted by atomic mass is 35.5. The zero-order valence-corrected chi connectivity index (χ0v) is 14.6. The van der Waals surface area contributed by atoms with Crippen LogP contribution in [-0.2, 0) is 19.6 Å². The molecule has 0 aromatic carbocycles. The normalized spacial score (nSPS) is 11.5. The molecule has 3 aromatic rings. The van der Waals surface area contributed by atoms with Crippen molar-refractivity contribution in [2.24, 2.45) is 5.92 Å². The fourth-order valence-corrected chi connectivity index (χ4v) is 2.87.